The van der Waals surface area contributed by atoms with E-state index in [4.69, 9.17) is 4.52 Å². The molecule has 0 fully saturated rings. The van der Waals surface area contributed by atoms with Crippen LogP contribution in [0.25, 0.3) is 0 Å². The predicted octanol–water partition coefficient (Wildman–Crippen LogP) is 2.16. The van der Waals surface area contributed by atoms with Crippen LogP contribution in [-0.2, 0) is 12.0 Å². The highest BCUT2D eigenvalue weighted by Gasteiger charge is 2.21. The van der Waals surface area contributed by atoms with E-state index in [2.05, 4.69) is 41.1 Å². The van der Waals surface area contributed by atoms with Crippen LogP contribution < -0.4 is 4.90 Å². The van der Waals surface area contributed by atoms with Gasteiger partial charge in [-0.25, -0.2) is 0 Å². The molecule has 0 amide bonds. The van der Waals surface area contributed by atoms with E-state index in [1.165, 1.54) is 0 Å². The standard InChI is InChI=1S/C11H17N5OS/c1-7-12-8(15-17-7)6-16(5)10-14-13-9(18-10)11(2,3)4/h6H2,1-5H3. The Morgan fingerprint density at radius 3 is 2.50 bits per heavy atom. The van der Waals surface area contributed by atoms with Gasteiger partial charge in [-0.1, -0.05) is 37.3 Å². The van der Waals surface area contributed by atoms with Crippen molar-refractivity contribution < 1.29 is 4.52 Å². The number of nitrogens with zero attached hydrogens (tertiary/aromatic N) is 5. The van der Waals surface area contributed by atoms with Crippen LogP contribution in [-0.4, -0.2) is 27.4 Å². The number of anilines is 1. The average molecular weight is 267 g/mol. The molecule has 0 aliphatic carbocycles. The maximum atomic E-state index is 4.94. The van der Waals surface area contributed by atoms with Crippen LogP contribution >= 0.6 is 11.3 Å². The van der Waals surface area contributed by atoms with Crippen LogP contribution in [0, 0.1) is 6.92 Å². The van der Waals surface area contributed by atoms with Crippen LogP contribution in [0.4, 0.5) is 5.13 Å². The van der Waals surface area contributed by atoms with E-state index in [0.717, 1.165) is 10.1 Å². The highest BCUT2D eigenvalue weighted by Crippen LogP contribution is 2.29. The zero-order valence-electron chi connectivity index (χ0n) is 11.3. The smallest absolute Gasteiger partial charge is 0.223 e. The Balaban J connectivity index is 2.09. The normalized spacial score (nSPS) is 11.8. The van der Waals surface area contributed by atoms with Crippen molar-refractivity contribution in [2.75, 3.05) is 11.9 Å². The second kappa shape index (κ2) is 4.64. The van der Waals surface area contributed by atoms with E-state index in [0.29, 0.717) is 18.3 Å². The molecule has 0 aromatic carbocycles. The summed E-state index contributed by atoms with van der Waals surface area (Å²) in [6, 6.07) is 0. The molecule has 0 atom stereocenters. The monoisotopic (exact) mass is 267 g/mol. The maximum Gasteiger partial charge on any atom is 0.223 e. The van der Waals surface area contributed by atoms with Gasteiger partial charge in [0.2, 0.25) is 11.0 Å². The molecule has 0 aliphatic heterocycles. The van der Waals surface area contributed by atoms with Crippen molar-refractivity contribution in [1.29, 1.82) is 0 Å². The first-order valence-corrected chi connectivity index (χ1v) is 6.52. The van der Waals surface area contributed by atoms with E-state index in [1.54, 1.807) is 18.3 Å². The third-order valence-electron chi connectivity index (χ3n) is 2.33. The number of aryl methyl sites for hydroxylation is 1. The summed E-state index contributed by atoms with van der Waals surface area (Å²) in [6.45, 7) is 8.72. The molecule has 6 nitrogen and oxygen atoms in total. The van der Waals surface area contributed by atoms with Gasteiger partial charge in [-0.2, -0.15) is 4.98 Å². The Labute approximate surface area is 110 Å². The second-order valence-corrected chi connectivity index (χ2v) is 6.18. The fraction of sp³-hybridized carbons (Fsp3) is 0.636. The van der Waals surface area contributed by atoms with E-state index < -0.39 is 0 Å². The molecule has 0 unspecified atom stereocenters. The molecule has 2 aromatic rings. The summed E-state index contributed by atoms with van der Waals surface area (Å²) in [4.78, 5) is 6.14. The molecule has 2 rings (SSSR count). The van der Waals surface area contributed by atoms with Crippen molar-refractivity contribution >= 4 is 16.5 Å². The van der Waals surface area contributed by atoms with Crippen LogP contribution in [0.15, 0.2) is 4.52 Å². The van der Waals surface area contributed by atoms with Crippen molar-refractivity contribution in [3.8, 4) is 0 Å². The lowest BCUT2D eigenvalue weighted by atomic mass is 9.98. The molecule has 98 valence electrons. The number of hydrogen-bond donors (Lipinski definition) is 0. The van der Waals surface area contributed by atoms with Gasteiger partial charge in [0.15, 0.2) is 5.82 Å². The Morgan fingerprint density at radius 1 is 1.28 bits per heavy atom. The van der Waals surface area contributed by atoms with Gasteiger partial charge >= 0.3 is 0 Å². The van der Waals surface area contributed by atoms with Crippen molar-refractivity contribution in [3.63, 3.8) is 0 Å². The summed E-state index contributed by atoms with van der Waals surface area (Å²) in [5.41, 5.74) is 0.0273. The zero-order valence-corrected chi connectivity index (χ0v) is 12.1. The Kier molecular flexibility index (Phi) is 3.34. The molecule has 0 N–H and O–H groups in total. The fourth-order valence-corrected chi connectivity index (χ4v) is 2.22. The molecule has 7 heteroatoms. The first kappa shape index (κ1) is 12.9. The van der Waals surface area contributed by atoms with Crippen molar-refractivity contribution in [1.82, 2.24) is 20.3 Å². The van der Waals surface area contributed by atoms with Gasteiger partial charge in [-0.3, -0.25) is 0 Å². The maximum absolute atomic E-state index is 4.94. The lowest BCUT2D eigenvalue weighted by Gasteiger charge is -2.14. The first-order valence-electron chi connectivity index (χ1n) is 5.70. The number of hydrogen-bond acceptors (Lipinski definition) is 7. The topological polar surface area (TPSA) is 67.9 Å². The SMILES string of the molecule is Cc1nc(CN(C)c2nnc(C(C)(C)C)s2)no1. The summed E-state index contributed by atoms with van der Waals surface area (Å²) in [5, 5.41) is 14.2. The predicted molar refractivity (Wildman–Crippen MR) is 69.8 cm³/mol. The average Bonchev–Trinajstić information content (AvgIpc) is 2.85. The lowest BCUT2D eigenvalue weighted by Crippen LogP contribution is -2.17. The van der Waals surface area contributed by atoms with Gasteiger partial charge in [-0.05, 0) is 0 Å². The third-order valence-corrected chi connectivity index (χ3v) is 3.79. The van der Waals surface area contributed by atoms with Gasteiger partial charge in [0.25, 0.3) is 0 Å². The molecule has 0 aliphatic rings. The van der Waals surface area contributed by atoms with Gasteiger partial charge < -0.3 is 9.42 Å². The van der Waals surface area contributed by atoms with Gasteiger partial charge in [0, 0.05) is 19.4 Å². The van der Waals surface area contributed by atoms with Crippen LogP contribution in [0.3, 0.4) is 0 Å². The Bertz CT molecular complexity index is 528. The van der Waals surface area contributed by atoms with Gasteiger partial charge in [0.05, 0.1) is 6.54 Å². The minimum Gasteiger partial charge on any atom is -0.342 e. The highest BCUT2D eigenvalue weighted by molar-refractivity contribution is 7.15. The molecular weight excluding hydrogens is 250 g/mol. The Hall–Kier alpha value is -1.50. The zero-order chi connectivity index (χ0) is 13.3. The quantitative estimate of drug-likeness (QED) is 0.849. The molecule has 0 saturated carbocycles. The van der Waals surface area contributed by atoms with E-state index in [9.17, 15) is 0 Å². The third kappa shape index (κ3) is 2.84. The van der Waals surface area contributed by atoms with Crippen molar-refractivity contribution in [2.45, 2.75) is 39.7 Å². The van der Waals surface area contributed by atoms with Gasteiger partial charge in [0.1, 0.15) is 5.01 Å². The second-order valence-electron chi connectivity index (χ2n) is 5.23. The molecule has 2 heterocycles. The molecular formula is C11H17N5OS. The molecule has 18 heavy (non-hydrogen) atoms. The number of rotatable bonds is 3. The summed E-state index contributed by atoms with van der Waals surface area (Å²) < 4.78 is 4.94. The summed E-state index contributed by atoms with van der Waals surface area (Å²) >= 11 is 1.59. The number of aromatic nitrogens is 4. The highest BCUT2D eigenvalue weighted by atomic mass is 32.1. The van der Waals surface area contributed by atoms with Gasteiger partial charge in [-0.15, -0.1) is 10.2 Å². The summed E-state index contributed by atoms with van der Waals surface area (Å²) in [7, 11) is 1.94. The molecule has 0 bridgehead atoms. The molecule has 0 radical (unpaired) electrons. The molecule has 2 aromatic heterocycles. The minimum absolute atomic E-state index is 0.0273. The van der Waals surface area contributed by atoms with Crippen LogP contribution in [0.2, 0.25) is 0 Å². The van der Waals surface area contributed by atoms with Crippen LogP contribution in [0.5, 0.6) is 0 Å². The van der Waals surface area contributed by atoms with Crippen molar-refractivity contribution in [2.24, 2.45) is 0 Å². The van der Waals surface area contributed by atoms with E-state index in [1.807, 2.05) is 11.9 Å². The van der Waals surface area contributed by atoms with Crippen LogP contribution in [0.1, 0.15) is 37.5 Å². The van der Waals surface area contributed by atoms with Crippen molar-refractivity contribution in [3.05, 3.63) is 16.7 Å². The molecule has 0 saturated heterocycles. The minimum atomic E-state index is 0.0273. The van der Waals surface area contributed by atoms with E-state index in [-0.39, 0.29) is 5.41 Å². The molecule has 0 spiro atoms. The van der Waals surface area contributed by atoms with E-state index >= 15 is 0 Å². The largest absolute Gasteiger partial charge is 0.342 e. The first-order chi connectivity index (χ1) is 8.36. The fourth-order valence-electron chi connectivity index (χ4n) is 1.36. The Morgan fingerprint density at radius 2 is 2.00 bits per heavy atom. The lowest BCUT2D eigenvalue weighted by molar-refractivity contribution is 0.387. The summed E-state index contributed by atoms with van der Waals surface area (Å²) in [6.07, 6.45) is 0. The summed E-state index contributed by atoms with van der Waals surface area (Å²) in [5.74, 6) is 1.23.